The smallest absolute Gasteiger partial charge is 0.187 e. The van der Waals surface area contributed by atoms with Crippen molar-refractivity contribution in [3.8, 4) is 0 Å². The molecular formula is C40H54O2. The molecule has 0 heterocycles. The van der Waals surface area contributed by atoms with Gasteiger partial charge in [-0.25, -0.2) is 0 Å². The fourth-order valence-electron chi connectivity index (χ4n) is 5.71. The Kier molecular flexibility index (Phi) is 13.2. The van der Waals surface area contributed by atoms with Crippen LogP contribution in [0.2, 0.25) is 0 Å². The van der Waals surface area contributed by atoms with Crippen molar-refractivity contribution in [1.29, 1.82) is 0 Å². The van der Waals surface area contributed by atoms with Crippen molar-refractivity contribution >= 4 is 5.78 Å². The molecule has 2 nitrogen and oxygen atoms in total. The van der Waals surface area contributed by atoms with Crippen LogP contribution in [0.1, 0.15) is 88.5 Å². The van der Waals surface area contributed by atoms with Crippen LogP contribution in [-0.4, -0.2) is 17.0 Å². The fraction of sp³-hybridized carbons (Fsp3) is 0.425. The summed E-state index contributed by atoms with van der Waals surface area (Å²) in [6, 6.07) is 0. The van der Waals surface area contributed by atoms with Crippen molar-refractivity contribution in [2.24, 2.45) is 16.7 Å². The first-order chi connectivity index (χ1) is 19.6. The van der Waals surface area contributed by atoms with Gasteiger partial charge < -0.3 is 5.11 Å². The molecule has 0 aromatic heterocycles. The van der Waals surface area contributed by atoms with Gasteiger partial charge in [0, 0.05) is 5.92 Å². The van der Waals surface area contributed by atoms with Gasteiger partial charge in [-0.15, -0.1) is 0 Å². The predicted molar refractivity (Wildman–Crippen MR) is 183 cm³/mol. The molecule has 0 radical (unpaired) electrons. The lowest BCUT2D eigenvalue weighted by Gasteiger charge is -2.36. The molecule has 0 saturated carbocycles. The zero-order valence-electron chi connectivity index (χ0n) is 27.8. The zero-order chi connectivity index (χ0) is 31.5. The van der Waals surface area contributed by atoms with Crippen molar-refractivity contribution in [3.63, 3.8) is 0 Å². The molecule has 0 spiro atoms. The van der Waals surface area contributed by atoms with E-state index in [1.165, 1.54) is 29.6 Å². The molecule has 2 heteroatoms. The molecule has 226 valence electrons. The number of rotatable bonds is 10. The Morgan fingerprint density at radius 1 is 0.786 bits per heavy atom. The van der Waals surface area contributed by atoms with Crippen LogP contribution < -0.4 is 0 Å². The van der Waals surface area contributed by atoms with Crippen LogP contribution >= 0.6 is 0 Å². The quantitative estimate of drug-likeness (QED) is 0.211. The molecule has 2 unspecified atom stereocenters. The monoisotopic (exact) mass is 566 g/mol. The van der Waals surface area contributed by atoms with Gasteiger partial charge in [0.2, 0.25) is 0 Å². The second kappa shape index (κ2) is 15.8. The largest absolute Gasteiger partial charge is 0.385 e. The highest BCUT2D eigenvalue weighted by atomic mass is 16.3. The maximum atomic E-state index is 12.2. The van der Waals surface area contributed by atoms with Gasteiger partial charge >= 0.3 is 0 Å². The molecule has 2 rings (SSSR count). The molecule has 42 heavy (non-hydrogen) atoms. The summed E-state index contributed by atoms with van der Waals surface area (Å²) < 4.78 is 0. The van der Waals surface area contributed by atoms with Gasteiger partial charge in [-0.3, -0.25) is 4.79 Å². The van der Waals surface area contributed by atoms with Crippen LogP contribution in [0.3, 0.4) is 0 Å². The van der Waals surface area contributed by atoms with Crippen LogP contribution in [0.15, 0.2) is 130 Å². The summed E-state index contributed by atoms with van der Waals surface area (Å²) in [5, 5.41) is 10.0. The van der Waals surface area contributed by atoms with Gasteiger partial charge in [0.25, 0.3) is 0 Å². The lowest BCUT2D eigenvalue weighted by molar-refractivity contribution is -0.125. The van der Waals surface area contributed by atoms with Crippen molar-refractivity contribution in [1.82, 2.24) is 0 Å². The maximum absolute atomic E-state index is 12.2. The van der Waals surface area contributed by atoms with Gasteiger partial charge in [-0.2, -0.15) is 0 Å². The minimum Gasteiger partial charge on any atom is -0.385 e. The Morgan fingerprint density at radius 3 is 1.83 bits per heavy atom. The van der Waals surface area contributed by atoms with E-state index in [2.05, 4.69) is 128 Å². The number of hydrogen-bond acceptors (Lipinski definition) is 2. The molecule has 2 aliphatic rings. The van der Waals surface area contributed by atoms with Gasteiger partial charge in [0.1, 0.15) is 6.10 Å². The lowest BCUT2D eigenvalue weighted by atomic mass is 9.68. The summed E-state index contributed by atoms with van der Waals surface area (Å²) in [6.07, 6.45) is 34.1. The third-order valence-corrected chi connectivity index (χ3v) is 8.43. The number of aliphatic hydroxyl groups excluding tert-OH is 1. The highest BCUT2D eigenvalue weighted by Gasteiger charge is 2.36. The summed E-state index contributed by atoms with van der Waals surface area (Å²) in [6.45, 7) is 21.4. The number of hydrogen-bond donors (Lipinski definition) is 1. The number of carbonyl (C=O) groups is 1. The maximum Gasteiger partial charge on any atom is 0.187 e. The standard InChI is InChI=1S/C40H54O2/c1-29(18-13-20-31(3)23-25-35-33(5)22-15-27-39(35,7)8)16-11-12-17-30(2)19-14-21-32(4)24-26-36-34(6)38(42)37(41)28-40(36,9)10/h11-14,16-26,35,37,41H,15,27-28H2,1-10H3/b12-11+,18-13+,19-14+,25-23+,26-24+,29-16+,30-17+,31-20+,32-21+. The lowest BCUT2D eigenvalue weighted by Crippen LogP contribution is -2.35. The van der Waals surface area contributed by atoms with Gasteiger partial charge in [-0.1, -0.05) is 147 Å². The topological polar surface area (TPSA) is 37.3 Å². The SMILES string of the molecule is CC1=CCCC(C)(C)C1/C=C/C(C)=C/C=C/C(C)=C/C=C/C=C(C)/C=C/C=C(C)/C=C/C1=C(C)C(=O)C(O)CC1(C)C. The van der Waals surface area contributed by atoms with Crippen molar-refractivity contribution in [3.05, 3.63) is 130 Å². The first-order valence-corrected chi connectivity index (χ1v) is 15.3. The van der Waals surface area contributed by atoms with E-state index in [1.54, 1.807) is 0 Å². The van der Waals surface area contributed by atoms with Gasteiger partial charge in [0.15, 0.2) is 5.78 Å². The van der Waals surface area contributed by atoms with E-state index in [0.29, 0.717) is 23.3 Å². The van der Waals surface area contributed by atoms with E-state index in [4.69, 9.17) is 0 Å². The van der Waals surface area contributed by atoms with Crippen LogP contribution in [0.4, 0.5) is 0 Å². The Morgan fingerprint density at radius 2 is 1.29 bits per heavy atom. The molecule has 2 atom stereocenters. The van der Waals surface area contributed by atoms with Gasteiger partial charge in [0.05, 0.1) is 0 Å². The third kappa shape index (κ3) is 10.9. The molecular weight excluding hydrogens is 512 g/mol. The Bertz CT molecular complexity index is 1320. The second-order valence-electron chi connectivity index (χ2n) is 13.4. The van der Waals surface area contributed by atoms with E-state index in [-0.39, 0.29) is 11.2 Å². The highest BCUT2D eigenvalue weighted by molar-refractivity contribution is 6.00. The summed E-state index contributed by atoms with van der Waals surface area (Å²) >= 11 is 0. The third-order valence-electron chi connectivity index (χ3n) is 8.43. The number of ketones is 1. The van der Waals surface area contributed by atoms with Crippen molar-refractivity contribution < 1.29 is 9.90 Å². The molecule has 0 aromatic carbocycles. The summed E-state index contributed by atoms with van der Waals surface area (Å²) in [7, 11) is 0. The average molecular weight is 567 g/mol. The van der Waals surface area contributed by atoms with Crippen LogP contribution in [0.5, 0.6) is 0 Å². The summed E-state index contributed by atoms with van der Waals surface area (Å²) in [5.41, 5.74) is 7.96. The number of Topliss-reactive ketones (excluding diaryl/α,β-unsaturated/α-hetero) is 1. The van der Waals surface area contributed by atoms with Crippen molar-refractivity contribution in [2.45, 2.75) is 94.6 Å². The van der Waals surface area contributed by atoms with Crippen LogP contribution in [-0.2, 0) is 4.79 Å². The number of carbonyl (C=O) groups excluding carboxylic acids is 1. The first kappa shape index (κ1) is 35.0. The number of allylic oxidation sites excluding steroid dienone is 21. The van der Waals surface area contributed by atoms with Crippen LogP contribution in [0, 0.1) is 16.7 Å². The molecule has 0 amide bonds. The van der Waals surface area contributed by atoms with E-state index in [0.717, 1.165) is 16.7 Å². The Balaban J connectivity index is 1.91. The van der Waals surface area contributed by atoms with Gasteiger partial charge in [-0.05, 0) is 82.8 Å². The number of aliphatic hydroxyl groups is 1. The fourth-order valence-corrected chi connectivity index (χ4v) is 5.71. The van der Waals surface area contributed by atoms with E-state index < -0.39 is 6.10 Å². The molecule has 0 bridgehead atoms. The molecule has 0 aromatic rings. The molecule has 0 saturated heterocycles. The molecule has 0 fully saturated rings. The second-order valence-corrected chi connectivity index (χ2v) is 13.4. The van der Waals surface area contributed by atoms with E-state index in [9.17, 15) is 9.90 Å². The molecule has 2 aliphatic carbocycles. The minimum absolute atomic E-state index is 0.160. The Hall–Kier alpha value is -3.23. The zero-order valence-corrected chi connectivity index (χ0v) is 27.8. The normalized spacial score (nSPS) is 24.8. The predicted octanol–water partition coefficient (Wildman–Crippen LogP) is 10.6. The minimum atomic E-state index is -0.892. The summed E-state index contributed by atoms with van der Waals surface area (Å²) in [4.78, 5) is 12.2. The highest BCUT2D eigenvalue weighted by Crippen LogP contribution is 2.42. The molecule has 1 N–H and O–H groups in total. The van der Waals surface area contributed by atoms with E-state index in [1.807, 2.05) is 32.1 Å². The van der Waals surface area contributed by atoms with E-state index >= 15 is 0 Å². The van der Waals surface area contributed by atoms with Crippen molar-refractivity contribution in [2.75, 3.05) is 0 Å². The molecule has 0 aliphatic heterocycles. The van der Waals surface area contributed by atoms with Crippen LogP contribution in [0.25, 0.3) is 0 Å². The Labute approximate surface area is 256 Å². The average Bonchev–Trinajstić information content (AvgIpc) is 2.88. The summed E-state index contributed by atoms with van der Waals surface area (Å²) in [5.74, 6) is 0.353. The first-order valence-electron chi connectivity index (χ1n) is 15.3.